The normalized spacial score (nSPS) is 30.0. The van der Waals surface area contributed by atoms with E-state index in [1.54, 1.807) is 0 Å². The molecule has 0 aliphatic carbocycles. The van der Waals surface area contributed by atoms with Crippen LogP contribution >= 0.6 is 0 Å². The topological polar surface area (TPSA) is 221 Å². The molecule has 47 heavy (non-hydrogen) atoms. The number of hydrogen-bond acceptors (Lipinski definition) is 18. The lowest BCUT2D eigenvalue weighted by Crippen LogP contribution is -2.67. The fraction of sp³-hybridized carbons (Fsp3) is 0.690. The summed E-state index contributed by atoms with van der Waals surface area (Å²) < 4.78 is 61.0. The predicted octanol–water partition coefficient (Wildman–Crippen LogP) is -0.744. The minimum absolute atomic E-state index is 0.347. The van der Waals surface area contributed by atoms with Gasteiger partial charge in [-0.1, -0.05) is 5.92 Å². The van der Waals surface area contributed by atoms with Gasteiger partial charge in [-0.2, -0.15) is 0 Å². The highest BCUT2D eigenvalue weighted by molar-refractivity contribution is 5.69. The molecule has 0 N–H and O–H groups in total. The molecule has 10 unspecified atom stereocenters. The molecule has 0 radical (unpaired) electrons. The Hall–Kier alpha value is -4.31. The van der Waals surface area contributed by atoms with Crippen molar-refractivity contribution in [1.29, 1.82) is 0 Å². The van der Waals surface area contributed by atoms with Crippen molar-refractivity contribution >= 4 is 41.8 Å². The molecule has 262 valence electrons. The molecule has 2 fully saturated rings. The number of esters is 7. The van der Waals surface area contributed by atoms with Crippen molar-refractivity contribution in [3.8, 4) is 12.3 Å². The molecule has 2 rings (SSSR count). The second-order valence-electron chi connectivity index (χ2n) is 10.2. The molecular weight excluding hydrogens is 636 g/mol. The Kier molecular flexibility index (Phi) is 15.0. The standard InChI is InChI=1S/C29H38O18/c1-9-10-37-28-26(43-18(7)35)25(42-17(6)34)23(21(45-28)12-39-14(3)31)47-29-27(44-19(8)36)24(41-16(5)33)22(40-15(4)32)20(46-29)11-38-13(2)30/h1,20-29H,10-12H2,2-8H3. The van der Waals surface area contributed by atoms with Crippen molar-refractivity contribution in [3.63, 3.8) is 0 Å². The Morgan fingerprint density at radius 2 is 0.872 bits per heavy atom. The molecule has 0 bridgehead atoms. The van der Waals surface area contributed by atoms with Crippen LogP contribution in [0.25, 0.3) is 0 Å². The second kappa shape index (κ2) is 18.1. The molecule has 0 saturated carbocycles. The summed E-state index contributed by atoms with van der Waals surface area (Å²) in [6, 6.07) is 0. The summed E-state index contributed by atoms with van der Waals surface area (Å²) in [6.07, 6.45) is -10.2. The van der Waals surface area contributed by atoms with Crippen molar-refractivity contribution in [3.05, 3.63) is 0 Å². The fourth-order valence-electron chi connectivity index (χ4n) is 4.74. The first-order chi connectivity index (χ1) is 22.0. The quantitative estimate of drug-likeness (QED) is 0.133. The van der Waals surface area contributed by atoms with Crippen molar-refractivity contribution in [2.24, 2.45) is 0 Å². The summed E-state index contributed by atoms with van der Waals surface area (Å²) in [5.41, 5.74) is 0. The maximum Gasteiger partial charge on any atom is 0.303 e. The maximum absolute atomic E-state index is 12.3. The summed E-state index contributed by atoms with van der Waals surface area (Å²) in [5.74, 6) is -3.68. The van der Waals surface area contributed by atoms with E-state index in [-0.39, 0.29) is 6.61 Å². The van der Waals surface area contributed by atoms with Gasteiger partial charge in [-0.05, 0) is 0 Å². The summed E-state index contributed by atoms with van der Waals surface area (Å²) in [4.78, 5) is 84.5. The van der Waals surface area contributed by atoms with Crippen LogP contribution in [-0.2, 0) is 85.7 Å². The van der Waals surface area contributed by atoms with E-state index in [9.17, 15) is 33.6 Å². The molecule has 2 heterocycles. The van der Waals surface area contributed by atoms with E-state index in [0.717, 1.165) is 48.5 Å². The van der Waals surface area contributed by atoms with Crippen LogP contribution in [0.2, 0.25) is 0 Å². The van der Waals surface area contributed by atoms with E-state index in [0.29, 0.717) is 0 Å². The van der Waals surface area contributed by atoms with Gasteiger partial charge in [0.2, 0.25) is 0 Å². The van der Waals surface area contributed by atoms with Crippen LogP contribution in [-0.4, -0.2) is 123 Å². The molecule has 0 spiro atoms. The molecule has 2 aliphatic rings. The maximum atomic E-state index is 12.3. The highest BCUT2D eigenvalue weighted by Crippen LogP contribution is 2.35. The van der Waals surface area contributed by atoms with Gasteiger partial charge in [0, 0.05) is 48.5 Å². The average molecular weight is 675 g/mol. The summed E-state index contributed by atoms with van der Waals surface area (Å²) in [7, 11) is 0. The Morgan fingerprint density at radius 1 is 0.511 bits per heavy atom. The van der Waals surface area contributed by atoms with Gasteiger partial charge in [0.25, 0.3) is 0 Å². The van der Waals surface area contributed by atoms with Crippen molar-refractivity contribution in [1.82, 2.24) is 0 Å². The predicted molar refractivity (Wildman–Crippen MR) is 148 cm³/mol. The first-order valence-corrected chi connectivity index (χ1v) is 14.2. The van der Waals surface area contributed by atoms with Crippen molar-refractivity contribution < 1.29 is 85.7 Å². The highest BCUT2D eigenvalue weighted by atomic mass is 16.8. The number of rotatable bonds is 13. The highest BCUT2D eigenvalue weighted by Gasteiger charge is 2.57. The van der Waals surface area contributed by atoms with Gasteiger partial charge in [-0.3, -0.25) is 33.6 Å². The van der Waals surface area contributed by atoms with Crippen molar-refractivity contribution in [2.75, 3.05) is 19.8 Å². The zero-order valence-electron chi connectivity index (χ0n) is 26.8. The van der Waals surface area contributed by atoms with Crippen LogP contribution in [0.5, 0.6) is 0 Å². The third-order valence-corrected chi connectivity index (χ3v) is 6.22. The lowest BCUT2D eigenvalue weighted by molar-refractivity contribution is -0.360. The zero-order chi connectivity index (χ0) is 35.4. The average Bonchev–Trinajstić information content (AvgIpc) is 2.94. The Morgan fingerprint density at radius 3 is 1.30 bits per heavy atom. The summed E-state index contributed by atoms with van der Waals surface area (Å²) in [5, 5.41) is 0. The SMILES string of the molecule is C#CCOC1OC(COC(C)=O)C(OC2OC(COC(C)=O)C(OC(C)=O)C(OC(C)=O)C2OC(C)=O)C(OC(C)=O)C1OC(C)=O. The third-order valence-electron chi connectivity index (χ3n) is 6.22. The minimum atomic E-state index is -1.79. The molecule has 0 aromatic rings. The van der Waals surface area contributed by atoms with E-state index in [4.69, 9.17) is 58.5 Å². The van der Waals surface area contributed by atoms with E-state index in [2.05, 4.69) is 5.92 Å². The lowest BCUT2D eigenvalue weighted by Gasteiger charge is -2.48. The lowest BCUT2D eigenvalue weighted by atomic mass is 9.96. The molecule has 0 aromatic heterocycles. The second-order valence-corrected chi connectivity index (χ2v) is 10.2. The number of carbonyl (C=O) groups is 7. The summed E-state index contributed by atoms with van der Waals surface area (Å²) >= 11 is 0. The van der Waals surface area contributed by atoms with Crippen LogP contribution in [0.4, 0.5) is 0 Å². The molecule has 2 saturated heterocycles. The van der Waals surface area contributed by atoms with Crippen molar-refractivity contribution in [2.45, 2.75) is 110 Å². The first-order valence-electron chi connectivity index (χ1n) is 14.2. The van der Waals surface area contributed by atoms with E-state index >= 15 is 0 Å². The number of hydrogen-bond donors (Lipinski definition) is 0. The number of ether oxygens (including phenoxy) is 11. The zero-order valence-corrected chi connectivity index (χ0v) is 26.8. The monoisotopic (exact) mass is 674 g/mol. The molecule has 18 nitrogen and oxygen atoms in total. The fourth-order valence-corrected chi connectivity index (χ4v) is 4.74. The van der Waals surface area contributed by atoms with Crippen LogP contribution < -0.4 is 0 Å². The van der Waals surface area contributed by atoms with Gasteiger partial charge in [-0.15, -0.1) is 6.42 Å². The largest absolute Gasteiger partial charge is 0.463 e. The molecular formula is C29H38O18. The third kappa shape index (κ3) is 12.1. The first kappa shape index (κ1) is 38.9. The van der Waals surface area contributed by atoms with Gasteiger partial charge in [0.15, 0.2) is 43.1 Å². The van der Waals surface area contributed by atoms with Gasteiger partial charge < -0.3 is 52.1 Å². The van der Waals surface area contributed by atoms with Gasteiger partial charge in [0.1, 0.15) is 38.1 Å². The Balaban J connectivity index is 2.72. The minimum Gasteiger partial charge on any atom is -0.463 e. The molecule has 0 aromatic carbocycles. The Labute approximate surface area is 269 Å². The van der Waals surface area contributed by atoms with Crippen LogP contribution in [0.1, 0.15) is 48.5 Å². The van der Waals surface area contributed by atoms with E-state index in [1.807, 2.05) is 0 Å². The van der Waals surface area contributed by atoms with Gasteiger partial charge in [0.05, 0.1) is 0 Å². The molecule has 18 heteroatoms. The smallest absolute Gasteiger partial charge is 0.303 e. The van der Waals surface area contributed by atoms with Gasteiger partial charge in [-0.25, -0.2) is 0 Å². The van der Waals surface area contributed by atoms with E-state index < -0.39 is 116 Å². The van der Waals surface area contributed by atoms with Crippen LogP contribution in [0.3, 0.4) is 0 Å². The van der Waals surface area contributed by atoms with Crippen LogP contribution in [0.15, 0.2) is 0 Å². The molecule has 2 aliphatic heterocycles. The van der Waals surface area contributed by atoms with Gasteiger partial charge >= 0.3 is 41.8 Å². The Bertz CT molecular complexity index is 1210. The molecule has 0 amide bonds. The molecule has 10 atom stereocenters. The number of terminal acetylenes is 1. The summed E-state index contributed by atoms with van der Waals surface area (Å²) in [6.45, 7) is 5.94. The van der Waals surface area contributed by atoms with E-state index in [1.165, 1.54) is 0 Å². The van der Waals surface area contributed by atoms with Crippen LogP contribution in [0, 0.1) is 12.3 Å². The number of carbonyl (C=O) groups excluding carboxylic acids is 7.